The number of ether oxygens (including phenoxy) is 1. The average molecular weight is 214 g/mol. The van der Waals surface area contributed by atoms with Crippen LogP contribution in [0.3, 0.4) is 0 Å². The Morgan fingerprint density at radius 2 is 2.00 bits per heavy atom. The molecule has 0 aromatic carbocycles. The highest BCUT2D eigenvalue weighted by atomic mass is 16.5. The Morgan fingerprint density at radius 3 is 2.47 bits per heavy atom. The van der Waals surface area contributed by atoms with Crippen LogP contribution < -0.4 is 5.73 Å². The number of carbonyl (C=O) groups is 3. The summed E-state index contributed by atoms with van der Waals surface area (Å²) in [6.45, 7) is -0.0929. The molecule has 15 heavy (non-hydrogen) atoms. The number of rotatable bonds is 3. The molecule has 6 heteroatoms. The van der Waals surface area contributed by atoms with Crippen molar-refractivity contribution < 1.29 is 19.1 Å². The first kappa shape index (κ1) is 11.6. The number of hydrogen-bond donors (Lipinski definition) is 1. The van der Waals surface area contributed by atoms with Gasteiger partial charge in [-0.2, -0.15) is 0 Å². The van der Waals surface area contributed by atoms with E-state index in [2.05, 4.69) is 4.74 Å². The molecule has 1 heterocycles. The first-order valence-corrected chi connectivity index (χ1v) is 4.73. The van der Waals surface area contributed by atoms with Crippen LogP contribution in [0.25, 0.3) is 0 Å². The molecule has 1 fully saturated rings. The van der Waals surface area contributed by atoms with Crippen molar-refractivity contribution >= 4 is 17.8 Å². The molecule has 1 rings (SSSR count). The molecule has 0 spiro atoms. The minimum absolute atomic E-state index is 0.0929. The lowest BCUT2D eigenvalue weighted by Crippen LogP contribution is -2.49. The lowest BCUT2D eigenvalue weighted by atomic mass is 10.1. The summed E-state index contributed by atoms with van der Waals surface area (Å²) in [7, 11) is 1.21. The van der Waals surface area contributed by atoms with E-state index in [4.69, 9.17) is 5.73 Å². The highest BCUT2D eigenvalue weighted by Gasteiger charge is 2.29. The van der Waals surface area contributed by atoms with Crippen LogP contribution in [0.4, 0.5) is 0 Å². The van der Waals surface area contributed by atoms with Crippen LogP contribution in [-0.4, -0.2) is 42.4 Å². The summed E-state index contributed by atoms with van der Waals surface area (Å²) in [5.74, 6) is -1.17. The lowest BCUT2D eigenvalue weighted by Gasteiger charge is -2.26. The number of nitrogens with zero attached hydrogens (tertiary/aromatic N) is 1. The Kier molecular flexibility index (Phi) is 3.79. The molecular weight excluding hydrogens is 200 g/mol. The van der Waals surface area contributed by atoms with Gasteiger partial charge in [0, 0.05) is 12.8 Å². The maximum Gasteiger partial charge on any atom is 0.324 e. The van der Waals surface area contributed by atoms with Crippen molar-refractivity contribution in [3.8, 4) is 0 Å². The first-order valence-electron chi connectivity index (χ1n) is 4.73. The van der Waals surface area contributed by atoms with E-state index in [9.17, 15) is 14.4 Å². The molecule has 84 valence electrons. The molecule has 1 aliphatic heterocycles. The van der Waals surface area contributed by atoms with E-state index >= 15 is 0 Å². The Hall–Kier alpha value is -1.43. The number of amides is 2. The van der Waals surface area contributed by atoms with Gasteiger partial charge in [-0.1, -0.05) is 0 Å². The average Bonchev–Trinajstić information content (AvgIpc) is 2.22. The van der Waals surface area contributed by atoms with E-state index in [0.29, 0.717) is 19.3 Å². The molecule has 0 unspecified atom stereocenters. The predicted molar refractivity (Wildman–Crippen MR) is 50.6 cm³/mol. The number of likely N-dealkylation sites (tertiary alicyclic amines) is 1. The van der Waals surface area contributed by atoms with Crippen LogP contribution in [-0.2, 0) is 19.1 Å². The predicted octanol–water partition coefficient (Wildman–Crippen LogP) is -0.974. The Bertz CT molecular complexity index is 274. The zero-order valence-electron chi connectivity index (χ0n) is 8.56. The summed E-state index contributed by atoms with van der Waals surface area (Å²) in [6.07, 6.45) is 1.24. The van der Waals surface area contributed by atoms with Gasteiger partial charge >= 0.3 is 5.97 Å². The van der Waals surface area contributed by atoms with Crippen molar-refractivity contribution in [1.82, 2.24) is 4.90 Å². The number of hydrogen-bond acceptors (Lipinski definition) is 5. The minimum atomic E-state index is -0.957. The molecule has 0 radical (unpaired) electrons. The molecule has 2 N–H and O–H groups in total. The normalized spacial score (nSPS) is 18.9. The fourth-order valence-electron chi connectivity index (χ4n) is 1.43. The van der Waals surface area contributed by atoms with Gasteiger partial charge in [-0.3, -0.25) is 19.3 Å². The third-order valence-corrected chi connectivity index (χ3v) is 2.27. The van der Waals surface area contributed by atoms with E-state index in [0.717, 1.165) is 4.90 Å². The van der Waals surface area contributed by atoms with Gasteiger partial charge in [0.15, 0.2) is 0 Å². The number of piperidine rings is 1. The summed E-state index contributed by atoms with van der Waals surface area (Å²) in [5, 5.41) is 0. The molecule has 0 saturated carbocycles. The van der Waals surface area contributed by atoms with Gasteiger partial charge in [0.1, 0.15) is 6.04 Å². The van der Waals surface area contributed by atoms with Crippen LogP contribution in [0, 0.1) is 0 Å². The van der Waals surface area contributed by atoms with Crippen LogP contribution in [0.2, 0.25) is 0 Å². The molecule has 0 bridgehead atoms. The number of carbonyl (C=O) groups excluding carboxylic acids is 3. The first-order chi connectivity index (χ1) is 7.06. The maximum absolute atomic E-state index is 11.3. The van der Waals surface area contributed by atoms with Gasteiger partial charge in [-0.15, -0.1) is 0 Å². The van der Waals surface area contributed by atoms with Crippen molar-refractivity contribution in [1.29, 1.82) is 0 Å². The smallest absolute Gasteiger partial charge is 0.324 e. The van der Waals surface area contributed by atoms with Crippen LogP contribution in [0.5, 0.6) is 0 Å². The van der Waals surface area contributed by atoms with E-state index in [-0.39, 0.29) is 18.4 Å². The zero-order valence-corrected chi connectivity index (χ0v) is 8.56. The fraction of sp³-hybridized carbons (Fsp3) is 0.667. The quantitative estimate of drug-likeness (QED) is 0.482. The van der Waals surface area contributed by atoms with Gasteiger partial charge in [-0.25, -0.2) is 0 Å². The standard InChI is InChI=1S/C9H14N2O4/c1-15-9(14)6(10)5-11-7(12)3-2-4-8(11)13/h6H,2-5,10H2,1H3/t6-/m1/s1. The van der Waals surface area contributed by atoms with Gasteiger partial charge in [0.25, 0.3) is 0 Å². The molecule has 0 aromatic rings. The Balaban J connectivity index is 2.58. The highest BCUT2D eigenvalue weighted by molar-refractivity contribution is 5.98. The van der Waals surface area contributed by atoms with E-state index < -0.39 is 12.0 Å². The lowest BCUT2D eigenvalue weighted by molar-refractivity contribution is -0.150. The number of methoxy groups -OCH3 is 1. The van der Waals surface area contributed by atoms with Gasteiger partial charge in [0.05, 0.1) is 13.7 Å². The molecule has 6 nitrogen and oxygen atoms in total. The van der Waals surface area contributed by atoms with Crippen molar-refractivity contribution in [3.05, 3.63) is 0 Å². The van der Waals surface area contributed by atoms with Crippen LogP contribution >= 0.6 is 0 Å². The summed E-state index contributed by atoms with van der Waals surface area (Å²) >= 11 is 0. The number of nitrogens with two attached hydrogens (primary N) is 1. The largest absolute Gasteiger partial charge is 0.468 e. The summed E-state index contributed by atoms with van der Waals surface area (Å²) in [6, 6.07) is -0.957. The van der Waals surface area contributed by atoms with Crippen molar-refractivity contribution in [3.63, 3.8) is 0 Å². The van der Waals surface area contributed by atoms with E-state index in [1.54, 1.807) is 0 Å². The molecule has 1 atom stereocenters. The molecule has 1 saturated heterocycles. The van der Waals surface area contributed by atoms with Crippen LogP contribution in [0.1, 0.15) is 19.3 Å². The Labute approximate surface area is 87.4 Å². The van der Waals surface area contributed by atoms with E-state index in [1.807, 2.05) is 0 Å². The SMILES string of the molecule is COC(=O)[C@H](N)CN1C(=O)CCCC1=O. The summed E-state index contributed by atoms with van der Waals surface area (Å²) in [5.41, 5.74) is 5.46. The summed E-state index contributed by atoms with van der Waals surface area (Å²) < 4.78 is 4.41. The second-order valence-electron chi connectivity index (χ2n) is 3.38. The molecule has 2 amide bonds. The molecule has 1 aliphatic rings. The minimum Gasteiger partial charge on any atom is -0.468 e. The molecular formula is C9H14N2O4. The van der Waals surface area contributed by atoms with Gasteiger partial charge in [0.2, 0.25) is 11.8 Å². The van der Waals surface area contributed by atoms with Crippen LogP contribution in [0.15, 0.2) is 0 Å². The van der Waals surface area contributed by atoms with Gasteiger partial charge in [-0.05, 0) is 6.42 Å². The molecule has 0 aromatic heterocycles. The monoisotopic (exact) mass is 214 g/mol. The third-order valence-electron chi connectivity index (χ3n) is 2.27. The zero-order chi connectivity index (χ0) is 11.4. The second kappa shape index (κ2) is 4.88. The Morgan fingerprint density at radius 1 is 1.47 bits per heavy atom. The fourth-order valence-corrected chi connectivity index (χ4v) is 1.43. The number of imide groups is 1. The molecule has 0 aliphatic carbocycles. The maximum atomic E-state index is 11.3. The van der Waals surface area contributed by atoms with Crippen molar-refractivity contribution in [2.45, 2.75) is 25.3 Å². The number of esters is 1. The van der Waals surface area contributed by atoms with Crippen molar-refractivity contribution in [2.24, 2.45) is 5.73 Å². The van der Waals surface area contributed by atoms with E-state index in [1.165, 1.54) is 7.11 Å². The second-order valence-corrected chi connectivity index (χ2v) is 3.38. The highest BCUT2D eigenvalue weighted by Crippen LogP contribution is 2.12. The summed E-state index contributed by atoms with van der Waals surface area (Å²) in [4.78, 5) is 34.7. The topological polar surface area (TPSA) is 89.7 Å². The van der Waals surface area contributed by atoms with Crippen molar-refractivity contribution in [2.75, 3.05) is 13.7 Å². The van der Waals surface area contributed by atoms with Gasteiger partial charge < -0.3 is 10.5 Å². The third kappa shape index (κ3) is 2.76.